The SMILES string of the molecule is Cc1c(C(=O)NCC2CCCc3ccccc32)nnn1C1CCNCC1. The number of nitrogens with zero attached hydrogens (tertiary/aromatic N) is 3. The van der Waals surface area contributed by atoms with Crippen LogP contribution in [0.2, 0.25) is 0 Å². The first-order valence-corrected chi connectivity index (χ1v) is 9.72. The average Bonchev–Trinajstić information content (AvgIpc) is 3.08. The third-order valence-corrected chi connectivity index (χ3v) is 5.80. The zero-order chi connectivity index (χ0) is 17.9. The van der Waals surface area contributed by atoms with Gasteiger partial charge in [0.15, 0.2) is 5.69 Å². The zero-order valence-electron chi connectivity index (χ0n) is 15.4. The molecule has 6 heteroatoms. The highest BCUT2D eigenvalue weighted by Crippen LogP contribution is 2.30. The molecule has 2 aliphatic rings. The summed E-state index contributed by atoms with van der Waals surface area (Å²) in [5, 5.41) is 14.9. The Morgan fingerprint density at radius 1 is 1.27 bits per heavy atom. The molecule has 2 aromatic rings. The highest BCUT2D eigenvalue weighted by atomic mass is 16.2. The standard InChI is InChI=1S/C20H27N5O/c1-14-19(23-24-25(14)17-9-11-21-12-10-17)20(26)22-13-16-7-4-6-15-5-2-3-8-18(15)16/h2-3,5,8,16-17,21H,4,6-7,9-13H2,1H3,(H,22,26). The number of aryl methyl sites for hydroxylation is 1. The van der Waals surface area contributed by atoms with E-state index in [1.807, 2.05) is 11.6 Å². The summed E-state index contributed by atoms with van der Waals surface area (Å²) in [6.45, 7) is 4.60. The van der Waals surface area contributed by atoms with E-state index in [0.29, 0.717) is 24.2 Å². The number of hydrogen-bond acceptors (Lipinski definition) is 4. The second kappa shape index (κ2) is 7.58. The fourth-order valence-electron chi connectivity index (χ4n) is 4.31. The van der Waals surface area contributed by atoms with Gasteiger partial charge in [0.05, 0.1) is 11.7 Å². The van der Waals surface area contributed by atoms with Gasteiger partial charge in [-0.25, -0.2) is 4.68 Å². The lowest BCUT2D eigenvalue weighted by molar-refractivity contribution is 0.0944. The predicted molar refractivity (Wildman–Crippen MR) is 100 cm³/mol. The van der Waals surface area contributed by atoms with Crippen LogP contribution in [0.4, 0.5) is 0 Å². The van der Waals surface area contributed by atoms with Crippen LogP contribution in [0.15, 0.2) is 24.3 Å². The molecule has 1 saturated heterocycles. The van der Waals surface area contributed by atoms with E-state index in [0.717, 1.165) is 44.5 Å². The topological polar surface area (TPSA) is 71.8 Å². The zero-order valence-corrected chi connectivity index (χ0v) is 15.4. The van der Waals surface area contributed by atoms with Gasteiger partial charge in [0, 0.05) is 12.5 Å². The van der Waals surface area contributed by atoms with E-state index >= 15 is 0 Å². The van der Waals surface area contributed by atoms with Gasteiger partial charge < -0.3 is 10.6 Å². The molecule has 0 saturated carbocycles. The first kappa shape index (κ1) is 17.2. The molecule has 2 N–H and O–H groups in total. The first-order valence-electron chi connectivity index (χ1n) is 9.72. The molecular weight excluding hydrogens is 326 g/mol. The number of carbonyl (C=O) groups excluding carboxylic acids is 1. The second-order valence-electron chi connectivity index (χ2n) is 7.45. The van der Waals surface area contributed by atoms with Gasteiger partial charge in [-0.2, -0.15) is 0 Å². The fourth-order valence-corrected chi connectivity index (χ4v) is 4.31. The van der Waals surface area contributed by atoms with Gasteiger partial charge in [-0.05, 0) is 63.2 Å². The molecular formula is C20H27N5O. The van der Waals surface area contributed by atoms with Gasteiger partial charge in [-0.3, -0.25) is 4.79 Å². The highest BCUT2D eigenvalue weighted by Gasteiger charge is 2.24. The summed E-state index contributed by atoms with van der Waals surface area (Å²) in [4.78, 5) is 12.7. The summed E-state index contributed by atoms with van der Waals surface area (Å²) in [6, 6.07) is 8.94. The number of amides is 1. The van der Waals surface area contributed by atoms with Crippen LogP contribution in [0.3, 0.4) is 0 Å². The Labute approximate surface area is 154 Å². The van der Waals surface area contributed by atoms with Crippen molar-refractivity contribution in [2.75, 3.05) is 19.6 Å². The molecule has 1 unspecified atom stereocenters. The Kier molecular flexibility index (Phi) is 5.02. The molecule has 2 heterocycles. The number of aromatic nitrogens is 3. The maximum absolute atomic E-state index is 12.7. The van der Waals surface area contributed by atoms with Gasteiger partial charge >= 0.3 is 0 Å². The molecule has 4 rings (SSSR count). The number of rotatable bonds is 4. The first-order chi connectivity index (χ1) is 12.7. The van der Waals surface area contributed by atoms with Crippen molar-refractivity contribution in [3.8, 4) is 0 Å². The van der Waals surface area contributed by atoms with Crippen LogP contribution in [-0.4, -0.2) is 40.5 Å². The summed E-state index contributed by atoms with van der Waals surface area (Å²) >= 11 is 0. The average molecular weight is 353 g/mol. The molecule has 0 spiro atoms. The molecule has 0 bridgehead atoms. The lowest BCUT2D eigenvalue weighted by atomic mass is 9.83. The van der Waals surface area contributed by atoms with E-state index in [1.54, 1.807) is 0 Å². The molecule has 1 aromatic carbocycles. The fraction of sp³-hybridized carbons (Fsp3) is 0.550. The van der Waals surface area contributed by atoms with Crippen LogP contribution < -0.4 is 10.6 Å². The van der Waals surface area contributed by atoms with Crippen molar-refractivity contribution in [2.45, 2.75) is 51.0 Å². The van der Waals surface area contributed by atoms with Crippen LogP contribution in [-0.2, 0) is 6.42 Å². The number of nitrogens with one attached hydrogen (secondary N) is 2. The second-order valence-corrected chi connectivity index (χ2v) is 7.45. The highest BCUT2D eigenvalue weighted by molar-refractivity contribution is 5.93. The molecule has 1 aliphatic heterocycles. The Morgan fingerprint density at radius 2 is 2.08 bits per heavy atom. The van der Waals surface area contributed by atoms with Crippen molar-refractivity contribution in [3.63, 3.8) is 0 Å². The number of benzene rings is 1. The van der Waals surface area contributed by atoms with E-state index < -0.39 is 0 Å². The Morgan fingerprint density at radius 3 is 2.92 bits per heavy atom. The van der Waals surface area contributed by atoms with Gasteiger partial charge in [-0.1, -0.05) is 29.5 Å². The Balaban J connectivity index is 1.42. The van der Waals surface area contributed by atoms with Crippen molar-refractivity contribution in [2.24, 2.45) is 0 Å². The van der Waals surface area contributed by atoms with Crippen LogP contribution in [0, 0.1) is 6.92 Å². The minimum absolute atomic E-state index is 0.106. The van der Waals surface area contributed by atoms with Gasteiger partial charge in [0.2, 0.25) is 0 Å². The normalized spacial score (nSPS) is 20.6. The van der Waals surface area contributed by atoms with Crippen molar-refractivity contribution in [3.05, 3.63) is 46.8 Å². The minimum atomic E-state index is -0.106. The van der Waals surface area contributed by atoms with Crippen LogP contribution in [0.5, 0.6) is 0 Å². The van der Waals surface area contributed by atoms with E-state index in [9.17, 15) is 4.79 Å². The third kappa shape index (κ3) is 3.38. The van der Waals surface area contributed by atoms with Crippen molar-refractivity contribution in [1.82, 2.24) is 25.6 Å². The van der Waals surface area contributed by atoms with E-state index in [2.05, 4.69) is 45.2 Å². The van der Waals surface area contributed by atoms with Crippen LogP contribution in [0.25, 0.3) is 0 Å². The van der Waals surface area contributed by atoms with Crippen LogP contribution >= 0.6 is 0 Å². The summed E-state index contributed by atoms with van der Waals surface area (Å²) in [5.74, 6) is 0.286. The minimum Gasteiger partial charge on any atom is -0.350 e. The van der Waals surface area contributed by atoms with Crippen LogP contribution in [0.1, 0.15) is 65.0 Å². The maximum Gasteiger partial charge on any atom is 0.273 e. The molecule has 6 nitrogen and oxygen atoms in total. The Bertz CT molecular complexity index is 778. The van der Waals surface area contributed by atoms with E-state index in [1.165, 1.54) is 17.5 Å². The summed E-state index contributed by atoms with van der Waals surface area (Å²) in [7, 11) is 0. The summed E-state index contributed by atoms with van der Waals surface area (Å²) in [6.07, 6.45) is 5.51. The molecule has 1 fully saturated rings. The number of carbonyl (C=O) groups is 1. The number of hydrogen-bond donors (Lipinski definition) is 2. The van der Waals surface area contributed by atoms with Crippen molar-refractivity contribution >= 4 is 5.91 Å². The largest absolute Gasteiger partial charge is 0.350 e. The number of piperidine rings is 1. The molecule has 138 valence electrons. The predicted octanol–water partition coefficient (Wildman–Crippen LogP) is 2.36. The molecule has 1 aliphatic carbocycles. The summed E-state index contributed by atoms with van der Waals surface area (Å²) < 4.78 is 1.94. The molecule has 0 radical (unpaired) electrons. The monoisotopic (exact) mass is 353 g/mol. The third-order valence-electron chi connectivity index (χ3n) is 5.80. The van der Waals surface area contributed by atoms with E-state index in [-0.39, 0.29) is 5.91 Å². The van der Waals surface area contributed by atoms with Crippen molar-refractivity contribution in [1.29, 1.82) is 0 Å². The lowest BCUT2D eigenvalue weighted by Crippen LogP contribution is -2.31. The number of fused-ring (bicyclic) bond motifs is 1. The van der Waals surface area contributed by atoms with Gasteiger partial charge in [-0.15, -0.1) is 5.10 Å². The van der Waals surface area contributed by atoms with Gasteiger partial charge in [0.1, 0.15) is 0 Å². The maximum atomic E-state index is 12.7. The Hall–Kier alpha value is -2.21. The molecule has 1 aromatic heterocycles. The molecule has 1 atom stereocenters. The molecule has 1 amide bonds. The van der Waals surface area contributed by atoms with E-state index in [4.69, 9.17) is 0 Å². The lowest BCUT2D eigenvalue weighted by Gasteiger charge is -2.25. The van der Waals surface area contributed by atoms with Crippen molar-refractivity contribution < 1.29 is 4.79 Å². The van der Waals surface area contributed by atoms with Gasteiger partial charge in [0.25, 0.3) is 5.91 Å². The smallest absolute Gasteiger partial charge is 0.273 e. The summed E-state index contributed by atoms with van der Waals surface area (Å²) in [5.41, 5.74) is 4.14. The quantitative estimate of drug-likeness (QED) is 0.885. The molecule has 26 heavy (non-hydrogen) atoms.